The lowest BCUT2D eigenvalue weighted by atomic mass is 10.00. The smallest absolute Gasteiger partial charge is 0.414 e. The van der Waals surface area contributed by atoms with Crippen LogP contribution in [0, 0.1) is 23.6 Å². The Morgan fingerprint density at radius 2 is 2.19 bits per heavy atom. The van der Waals surface area contributed by atoms with Gasteiger partial charge in [0.15, 0.2) is 0 Å². The molecule has 1 heterocycles. The van der Waals surface area contributed by atoms with E-state index in [1.54, 1.807) is 12.1 Å². The molecular formula is C19H19FN2O5. The highest BCUT2D eigenvalue weighted by Gasteiger charge is 2.57. The number of nitrogens with zero attached hydrogens (tertiary/aromatic N) is 1. The van der Waals surface area contributed by atoms with Crippen molar-refractivity contribution in [2.24, 2.45) is 17.8 Å². The molecule has 0 aromatic heterocycles. The number of anilines is 1. The molecular weight excluding hydrogens is 355 g/mol. The van der Waals surface area contributed by atoms with Gasteiger partial charge in [-0.05, 0) is 42.0 Å². The van der Waals surface area contributed by atoms with Gasteiger partial charge in [-0.3, -0.25) is 14.5 Å². The van der Waals surface area contributed by atoms with Gasteiger partial charge in [-0.2, -0.15) is 0 Å². The SMILES string of the molecule is CC(=O)NC[C@H]1CN(c2ccc(C3=C[C@@H]4[C@H](C3)[C@H]4C(=O)O)c(F)c2)C(=O)O1. The van der Waals surface area contributed by atoms with Crippen molar-refractivity contribution in [2.45, 2.75) is 19.4 Å². The first-order valence-electron chi connectivity index (χ1n) is 8.81. The summed E-state index contributed by atoms with van der Waals surface area (Å²) in [6.07, 6.45) is 1.35. The van der Waals surface area contributed by atoms with Gasteiger partial charge < -0.3 is 15.2 Å². The fourth-order valence-electron chi connectivity index (χ4n) is 4.02. The number of hydrogen-bond donors (Lipinski definition) is 2. The third kappa shape index (κ3) is 3.15. The number of cyclic esters (lactones) is 1. The Morgan fingerprint density at radius 3 is 2.78 bits per heavy atom. The fourth-order valence-corrected chi connectivity index (χ4v) is 4.02. The molecule has 0 bridgehead atoms. The normalized spacial score (nSPS) is 28.4. The van der Waals surface area contributed by atoms with Crippen LogP contribution in [0.15, 0.2) is 24.3 Å². The van der Waals surface area contributed by atoms with Gasteiger partial charge in [0, 0.05) is 12.5 Å². The minimum absolute atomic E-state index is 0.000305. The van der Waals surface area contributed by atoms with E-state index in [2.05, 4.69) is 5.32 Å². The maximum atomic E-state index is 14.6. The first-order valence-corrected chi connectivity index (χ1v) is 8.81. The van der Waals surface area contributed by atoms with Crippen LogP contribution >= 0.6 is 0 Å². The zero-order chi connectivity index (χ0) is 19.3. The lowest BCUT2D eigenvalue weighted by Crippen LogP contribution is -2.33. The molecule has 4 rings (SSSR count). The monoisotopic (exact) mass is 374 g/mol. The summed E-state index contributed by atoms with van der Waals surface area (Å²) in [5.41, 5.74) is 1.65. The van der Waals surface area contributed by atoms with Crippen molar-refractivity contribution in [1.29, 1.82) is 0 Å². The van der Waals surface area contributed by atoms with E-state index in [4.69, 9.17) is 9.84 Å². The largest absolute Gasteiger partial charge is 0.481 e. The zero-order valence-electron chi connectivity index (χ0n) is 14.6. The third-order valence-corrected chi connectivity index (χ3v) is 5.43. The molecule has 1 aromatic carbocycles. The molecule has 2 fully saturated rings. The van der Waals surface area contributed by atoms with Crippen LogP contribution in [-0.4, -0.2) is 42.3 Å². The molecule has 27 heavy (non-hydrogen) atoms. The van der Waals surface area contributed by atoms with Gasteiger partial charge in [0.2, 0.25) is 5.91 Å². The molecule has 1 saturated carbocycles. The summed E-state index contributed by atoms with van der Waals surface area (Å²) in [7, 11) is 0. The molecule has 0 unspecified atom stereocenters. The maximum absolute atomic E-state index is 14.6. The number of amides is 2. The van der Waals surface area contributed by atoms with E-state index < -0.39 is 24.0 Å². The van der Waals surface area contributed by atoms with Gasteiger partial charge in [-0.15, -0.1) is 0 Å². The number of halogens is 1. The third-order valence-electron chi connectivity index (χ3n) is 5.43. The number of carbonyl (C=O) groups is 3. The van der Waals surface area contributed by atoms with Gasteiger partial charge in [0.05, 0.1) is 24.7 Å². The summed E-state index contributed by atoms with van der Waals surface area (Å²) in [6.45, 7) is 1.81. The van der Waals surface area contributed by atoms with Gasteiger partial charge in [-0.25, -0.2) is 9.18 Å². The molecule has 0 radical (unpaired) electrons. The number of allylic oxidation sites excluding steroid dienone is 2. The molecule has 142 valence electrons. The summed E-state index contributed by atoms with van der Waals surface area (Å²) in [4.78, 5) is 35.4. The predicted octanol–water partition coefficient (Wildman–Crippen LogP) is 2.02. The van der Waals surface area contributed by atoms with Crippen LogP contribution in [0.25, 0.3) is 5.57 Å². The topological polar surface area (TPSA) is 95.9 Å². The number of carboxylic acid groups (broad SMARTS) is 1. The Balaban J connectivity index is 1.46. The number of fused-ring (bicyclic) bond motifs is 1. The second-order valence-electron chi connectivity index (χ2n) is 7.22. The molecule has 0 spiro atoms. The molecule has 2 N–H and O–H groups in total. The van der Waals surface area contributed by atoms with Gasteiger partial charge in [0.1, 0.15) is 11.9 Å². The lowest BCUT2D eigenvalue weighted by molar-refractivity contribution is -0.139. The van der Waals surface area contributed by atoms with Gasteiger partial charge >= 0.3 is 12.1 Å². The Hall–Kier alpha value is -2.90. The molecule has 8 heteroatoms. The molecule has 1 aromatic rings. The number of carboxylic acids is 1. The lowest BCUT2D eigenvalue weighted by Gasteiger charge is -2.15. The van der Waals surface area contributed by atoms with Crippen molar-refractivity contribution < 1.29 is 28.6 Å². The first-order chi connectivity index (χ1) is 12.8. The molecule has 4 atom stereocenters. The minimum Gasteiger partial charge on any atom is -0.481 e. The molecule has 1 aliphatic heterocycles. The highest BCUT2D eigenvalue weighted by Crippen LogP contribution is 2.58. The average molecular weight is 374 g/mol. The number of nitrogens with one attached hydrogen (secondary N) is 1. The van der Waals surface area contributed by atoms with Crippen LogP contribution in [0.1, 0.15) is 18.9 Å². The van der Waals surface area contributed by atoms with E-state index in [9.17, 15) is 18.8 Å². The molecule has 2 amide bonds. The Kier molecular flexibility index (Phi) is 4.13. The zero-order valence-corrected chi connectivity index (χ0v) is 14.6. The van der Waals surface area contributed by atoms with E-state index in [1.165, 1.54) is 17.9 Å². The number of benzene rings is 1. The van der Waals surface area contributed by atoms with Crippen LogP contribution in [0.3, 0.4) is 0 Å². The fraction of sp³-hybridized carbons (Fsp3) is 0.421. The summed E-state index contributed by atoms with van der Waals surface area (Å²) < 4.78 is 19.8. The highest BCUT2D eigenvalue weighted by molar-refractivity contribution is 5.90. The van der Waals surface area contributed by atoms with Crippen molar-refractivity contribution in [2.75, 3.05) is 18.0 Å². The average Bonchev–Trinajstić information content (AvgIpc) is 2.94. The maximum Gasteiger partial charge on any atom is 0.414 e. The van der Waals surface area contributed by atoms with E-state index in [0.717, 1.165) is 5.57 Å². The van der Waals surface area contributed by atoms with Crippen molar-refractivity contribution in [3.8, 4) is 0 Å². The Labute approximate surface area is 154 Å². The Bertz CT molecular complexity index is 868. The Morgan fingerprint density at radius 1 is 1.41 bits per heavy atom. The van der Waals surface area contributed by atoms with Crippen LogP contribution in [0.5, 0.6) is 0 Å². The van der Waals surface area contributed by atoms with E-state index in [1.807, 2.05) is 6.08 Å². The second kappa shape index (κ2) is 6.37. The molecule has 3 aliphatic rings. The summed E-state index contributed by atoms with van der Waals surface area (Å²) in [6, 6.07) is 4.56. The summed E-state index contributed by atoms with van der Waals surface area (Å²) >= 11 is 0. The van der Waals surface area contributed by atoms with Crippen molar-refractivity contribution >= 4 is 29.2 Å². The van der Waals surface area contributed by atoms with E-state index in [0.29, 0.717) is 17.7 Å². The predicted molar refractivity (Wildman–Crippen MR) is 93.4 cm³/mol. The van der Waals surface area contributed by atoms with Crippen LogP contribution in [0.2, 0.25) is 0 Å². The number of carbonyl (C=O) groups excluding carboxylic acids is 2. The quantitative estimate of drug-likeness (QED) is 0.822. The van der Waals surface area contributed by atoms with Crippen molar-refractivity contribution in [3.05, 3.63) is 35.7 Å². The number of aliphatic carboxylic acids is 1. The minimum atomic E-state index is -0.794. The summed E-state index contributed by atoms with van der Waals surface area (Å²) in [5.74, 6) is -1.73. The van der Waals surface area contributed by atoms with E-state index >= 15 is 0 Å². The van der Waals surface area contributed by atoms with Crippen LogP contribution < -0.4 is 10.2 Å². The molecule has 2 aliphatic carbocycles. The first kappa shape index (κ1) is 17.5. The van der Waals surface area contributed by atoms with Crippen molar-refractivity contribution in [3.63, 3.8) is 0 Å². The number of rotatable bonds is 5. The standard InChI is InChI=1S/C19H19FN2O5/c1-9(23)21-7-12-8-22(19(26)27-12)11-2-3-13(16(20)6-11)10-4-14-15(5-10)17(14)18(24)25/h2-4,6,12,14-15,17H,5,7-8H2,1H3,(H,21,23)(H,24,25)/t12-,14+,15-,17-/m0/s1. The molecule has 7 nitrogen and oxygen atoms in total. The van der Waals surface area contributed by atoms with Crippen LogP contribution in [-0.2, 0) is 14.3 Å². The second-order valence-corrected chi connectivity index (χ2v) is 7.22. The number of hydrogen-bond acceptors (Lipinski definition) is 4. The molecule has 1 saturated heterocycles. The summed E-state index contributed by atoms with van der Waals surface area (Å²) in [5, 5.41) is 11.7. The van der Waals surface area contributed by atoms with Gasteiger partial charge in [0.25, 0.3) is 0 Å². The van der Waals surface area contributed by atoms with Crippen molar-refractivity contribution in [1.82, 2.24) is 5.32 Å². The number of ether oxygens (including phenoxy) is 1. The highest BCUT2D eigenvalue weighted by atomic mass is 19.1. The van der Waals surface area contributed by atoms with E-state index in [-0.39, 0.29) is 36.8 Å². The van der Waals surface area contributed by atoms with Gasteiger partial charge in [-0.1, -0.05) is 6.08 Å². The van der Waals surface area contributed by atoms with Crippen LogP contribution in [0.4, 0.5) is 14.9 Å².